The van der Waals surface area contributed by atoms with Crippen molar-refractivity contribution in [3.05, 3.63) is 44.9 Å². The summed E-state index contributed by atoms with van der Waals surface area (Å²) < 4.78 is 2.33. The third-order valence-corrected chi connectivity index (χ3v) is 3.68. The van der Waals surface area contributed by atoms with Gasteiger partial charge in [0.25, 0.3) is 0 Å². The monoisotopic (exact) mass is 321 g/mol. The highest BCUT2D eigenvalue weighted by molar-refractivity contribution is 9.10. The summed E-state index contributed by atoms with van der Waals surface area (Å²) in [6.07, 6.45) is 1.68. The number of hydrogen-bond donors (Lipinski definition) is 0. The van der Waals surface area contributed by atoms with Gasteiger partial charge in [-0.05, 0) is 65.9 Å². The fourth-order valence-corrected chi connectivity index (χ4v) is 2.82. The van der Waals surface area contributed by atoms with E-state index in [-0.39, 0.29) is 5.78 Å². The highest BCUT2D eigenvalue weighted by Crippen LogP contribution is 2.23. The lowest BCUT2D eigenvalue weighted by Crippen LogP contribution is -2.09. The van der Waals surface area contributed by atoms with Crippen molar-refractivity contribution in [1.82, 2.24) is 14.8 Å². The second-order valence-electron chi connectivity index (χ2n) is 4.76. The van der Waals surface area contributed by atoms with Gasteiger partial charge >= 0.3 is 0 Å². The molecule has 5 heteroatoms. The molecule has 0 saturated carbocycles. The fraction of sp³-hybridized carbons (Fsp3) is 0.357. The van der Waals surface area contributed by atoms with Crippen molar-refractivity contribution in [2.24, 2.45) is 0 Å². The van der Waals surface area contributed by atoms with E-state index in [0.29, 0.717) is 11.3 Å². The van der Waals surface area contributed by atoms with Gasteiger partial charge in [0.1, 0.15) is 6.33 Å². The number of halogens is 1. The normalized spacial score (nSPS) is 10.8. The zero-order valence-electron chi connectivity index (χ0n) is 11.5. The van der Waals surface area contributed by atoms with Crippen LogP contribution in [0.25, 0.3) is 0 Å². The Labute approximate surface area is 121 Å². The van der Waals surface area contributed by atoms with Gasteiger partial charge in [0.05, 0.1) is 6.54 Å². The molecule has 0 bridgehead atoms. The lowest BCUT2D eigenvalue weighted by atomic mass is 9.91. The number of aromatic nitrogens is 3. The molecule has 0 unspecified atom stereocenters. The molecule has 0 amide bonds. The molecular formula is C14H16BrN3O. The third kappa shape index (κ3) is 2.76. The van der Waals surface area contributed by atoms with Crippen molar-refractivity contribution >= 4 is 21.7 Å². The quantitative estimate of drug-likeness (QED) is 0.815. The molecule has 0 spiro atoms. The number of Topliss-reactive ketones (excluding diaryl/α,β-unsaturated/α-hetero) is 1. The topological polar surface area (TPSA) is 47.8 Å². The zero-order chi connectivity index (χ0) is 14.2. The van der Waals surface area contributed by atoms with Crippen molar-refractivity contribution in [1.29, 1.82) is 0 Å². The number of ketones is 1. The van der Waals surface area contributed by atoms with Gasteiger partial charge in [-0.3, -0.25) is 4.79 Å². The van der Waals surface area contributed by atoms with Crippen LogP contribution in [-0.2, 0) is 6.54 Å². The smallest absolute Gasteiger partial charge is 0.217 e. The molecule has 2 rings (SSSR count). The molecule has 0 aliphatic heterocycles. The van der Waals surface area contributed by atoms with Crippen molar-refractivity contribution in [3.63, 3.8) is 0 Å². The Kier molecular flexibility index (Phi) is 3.85. The fourth-order valence-electron chi connectivity index (χ4n) is 2.52. The van der Waals surface area contributed by atoms with Gasteiger partial charge < -0.3 is 0 Å². The average molecular weight is 322 g/mol. The van der Waals surface area contributed by atoms with Gasteiger partial charge in [-0.2, -0.15) is 0 Å². The van der Waals surface area contributed by atoms with Gasteiger partial charge in [-0.1, -0.05) is 6.07 Å². The van der Waals surface area contributed by atoms with Crippen LogP contribution in [0.3, 0.4) is 0 Å². The van der Waals surface area contributed by atoms with E-state index in [1.165, 1.54) is 5.56 Å². The molecule has 0 aliphatic rings. The van der Waals surface area contributed by atoms with Crippen molar-refractivity contribution in [3.8, 4) is 0 Å². The largest absolute Gasteiger partial charge is 0.294 e. The highest BCUT2D eigenvalue weighted by atomic mass is 79.9. The van der Waals surface area contributed by atoms with Crippen LogP contribution in [0.4, 0.5) is 0 Å². The highest BCUT2D eigenvalue weighted by Gasteiger charge is 2.14. The van der Waals surface area contributed by atoms with E-state index < -0.39 is 0 Å². The van der Waals surface area contributed by atoms with Gasteiger partial charge in [0.15, 0.2) is 5.78 Å². The average Bonchev–Trinajstić information content (AvgIpc) is 2.69. The minimum Gasteiger partial charge on any atom is -0.294 e. The number of hydrogen-bond acceptors (Lipinski definition) is 3. The van der Waals surface area contributed by atoms with Gasteiger partial charge in [0.2, 0.25) is 4.73 Å². The molecule has 0 N–H and O–H groups in total. The summed E-state index contributed by atoms with van der Waals surface area (Å²) in [5.41, 5.74) is 5.20. The Morgan fingerprint density at radius 2 is 2.00 bits per heavy atom. The molecule has 1 aromatic carbocycles. The van der Waals surface area contributed by atoms with Crippen LogP contribution in [0.1, 0.15) is 39.5 Å². The molecule has 4 nitrogen and oxygen atoms in total. The SMILES string of the molecule is CC(=O)c1c(C)cc(C)c(Cn2cnc(Br)n2)c1C. The maximum absolute atomic E-state index is 11.8. The van der Waals surface area contributed by atoms with Crippen molar-refractivity contribution in [2.75, 3.05) is 0 Å². The van der Waals surface area contributed by atoms with Crippen molar-refractivity contribution < 1.29 is 4.79 Å². The van der Waals surface area contributed by atoms with Crippen LogP contribution in [-0.4, -0.2) is 20.5 Å². The van der Waals surface area contributed by atoms with E-state index in [1.807, 2.05) is 13.8 Å². The summed E-state index contributed by atoms with van der Waals surface area (Å²) in [6.45, 7) is 8.27. The second-order valence-corrected chi connectivity index (χ2v) is 5.47. The molecule has 100 valence electrons. The summed E-state index contributed by atoms with van der Waals surface area (Å²) in [4.78, 5) is 15.8. The second kappa shape index (κ2) is 5.25. The van der Waals surface area contributed by atoms with Crippen LogP contribution in [0.2, 0.25) is 0 Å². The molecule has 0 fully saturated rings. The number of carbonyl (C=O) groups is 1. The lowest BCUT2D eigenvalue weighted by molar-refractivity contribution is 0.101. The minimum absolute atomic E-state index is 0.107. The van der Waals surface area contributed by atoms with Crippen LogP contribution in [0, 0.1) is 20.8 Å². The van der Waals surface area contributed by atoms with Crippen LogP contribution < -0.4 is 0 Å². The molecule has 0 aliphatic carbocycles. The Balaban J connectivity index is 2.51. The summed E-state index contributed by atoms with van der Waals surface area (Å²) in [5, 5.41) is 4.22. The lowest BCUT2D eigenvalue weighted by Gasteiger charge is -2.15. The molecule has 1 aromatic heterocycles. The van der Waals surface area contributed by atoms with E-state index in [2.05, 4.69) is 39.0 Å². The van der Waals surface area contributed by atoms with E-state index >= 15 is 0 Å². The Hall–Kier alpha value is -1.49. The number of rotatable bonds is 3. The summed E-state index contributed by atoms with van der Waals surface area (Å²) >= 11 is 3.23. The first-order valence-electron chi connectivity index (χ1n) is 6.05. The summed E-state index contributed by atoms with van der Waals surface area (Å²) in [5.74, 6) is 0.107. The van der Waals surface area contributed by atoms with Crippen LogP contribution in [0.15, 0.2) is 17.1 Å². The van der Waals surface area contributed by atoms with Gasteiger partial charge in [-0.15, -0.1) is 5.10 Å². The molecular weight excluding hydrogens is 306 g/mol. The minimum atomic E-state index is 0.107. The summed E-state index contributed by atoms with van der Waals surface area (Å²) in [6, 6.07) is 2.06. The van der Waals surface area contributed by atoms with Crippen LogP contribution in [0.5, 0.6) is 0 Å². The maximum atomic E-state index is 11.8. The van der Waals surface area contributed by atoms with Gasteiger partial charge in [-0.25, -0.2) is 9.67 Å². The standard InChI is InChI=1S/C14H16BrN3O/c1-8-5-9(2)13(11(4)19)10(3)12(8)6-18-7-16-14(15)17-18/h5,7H,6H2,1-4H3. The Morgan fingerprint density at radius 1 is 1.32 bits per heavy atom. The molecule has 1 heterocycles. The Morgan fingerprint density at radius 3 is 2.53 bits per heavy atom. The third-order valence-electron chi connectivity index (χ3n) is 3.31. The van der Waals surface area contributed by atoms with Crippen LogP contribution >= 0.6 is 15.9 Å². The first-order valence-corrected chi connectivity index (χ1v) is 6.85. The predicted molar refractivity (Wildman–Crippen MR) is 77.5 cm³/mol. The van der Waals surface area contributed by atoms with E-state index in [9.17, 15) is 4.79 Å². The first kappa shape index (κ1) is 13.9. The summed E-state index contributed by atoms with van der Waals surface area (Å²) in [7, 11) is 0. The molecule has 0 atom stereocenters. The molecule has 2 aromatic rings. The molecule has 0 radical (unpaired) electrons. The molecule has 19 heavy (non-hydrogen) atoms. The Bertz CT molecular complexity index is 646. The number of carbonyl (C=O) groups excluding carboxylic acids is 1. The van der Waals surface area contributed by atoms with E-state index in [4.69, 9.17) is 0 Å². The number of nitrogens with zero attached hydrogens (tertiary/aromatic N) is 3. The van der Waals surface area contributed by atoms with Crippen molar-refractivity contribution in [2.45, 2.75) is 34.2 Å². The maximum Gasteiger partial charge on any atom is 0.217 e. The molecule has 0 saturated heterocycles. The predicted octanol–water partition coefficient (Wildman–Crippen LogP) is 3.22. The first-order chi connectivity index (χ1) is 8.90. The van der Waals surface area contributed by atoms with E-state index in [1.54, 1.807) is 17.9 Å². The van der Waals surface area contributed by atoms with Gasteiger partial charge in [0, 0.05) is 5.56 Å². The number of benzene rings is 1. The number of aryl methyl sites for hydroxylation is 2. The zero-order valence-corrected chi connectivity index (χ0v) is 13.1. The van der Waals surface area contributed by atoms with E-state index in [0.717, 1.165) is 22.3 Å².